The number of sulfonamides is 1. The lowest BCUT2D eigenvalue weighted by molar-refractivity contribution is -0.141. The number of rotatable bonds is 9. The van der Waals surface area contributed by atoms with Crippen molar-refractivity contribution < 1.29 is 30.8 Å². The first-order valence-electron chi connectivity index (χ1n) is 13.2. The van der Waals surface area contributed by atoms with Crippen LogP contribution in [-0.4, -0.2) is 57.6 Å². The van der Waals surface area contributed by atoms with E-state index < -0.39 is 39.5 Å². The Morgan fingerprint density at radius 1 is 1.17 bits per heavy atom. The minimum atomic E-state index is -4.63. The molecule has 0 bridgehead atoms. The van der Waals surface area contributed by atoms with Crippen LogP contribution in [-0.2, 0) is 33.1 Å². The Morgan fingerprint density at radius 2 is 1.86 bits per heavy atom. The first kappa shape index (κ1) is 31.7. The van der Waals surface area contributed by atoms with Crippen molar-refractivity contribution in [2.75, 3.05) is 43.1 Å². The lowest BCUT2D eigenvalue weighted by atomic mass is 9.84. The molecule has 1 aromatic carbocycles. The summed E-state index contributed by atoms with van der Waals surface area (Å²) in [6.45, 7) is 2.40. The van der Waals surface area contributed by atoms with E-state index in [9.17, 15) is 30.8 Å². The molecule has 4 rings (SSSR count). The van der Waals surface area contributed by atoms with Gasteiger partial charge in [-0.3, -0.25) is 14.4 Å². The second kappa shape index (κ2) is 12.2. The number of aromatic nitrogens is 1. The highest BCUT2D eigenvalue weighted by atomic mass is 32.2. The van der Waals surface area contributed by atoms with Gasteiger partial charge in [-0.25, -0.2) is 17.8 Å². The standard InChI is InChI=1S/C28H33F4N5O3S2/c1-18(19-7-9-22(21(29)16-19)35-42(4,39)40)26(38)33-17-20-8-10-23(28(30,31)32)34-25(20)37-13-11-27(12-14-37,36(2)3)24-6-5-15-41-24/h5-10,15-16,18,35H,11-14,17H2,1-4H3,(H,33,38). The van der Waals surface area contributed by atoms with Gasteiger partial charge in [-0.2, -0.15) is 13.2 Å². The third-order valence-electron chi connectivity index (χ3n) is 7.61. The summed E-state index contributed by atoms with van der Waals surface area (Å²) in [6.07, 6.45) is -2.38. The summed E-state index contributed by atoms with van der Waals surface area (Å²) < 4.78 is 80.2. The summed E-state index contributed by atoms with van der Waals surface area (Å²) in [5.41, 5.74) is -0.761. The quantitative estimate of drug-likeness (QED) is 0.319. The number of carbonyl (C=O) groups is 1. The SMILES string of the molecule is CC(C(=O)NCc1ccc(C(F)(F)F)nc1N1CCC(c2cccs2)(N(C)C)CC1)c1ccc(NS(C)(=O)=O)c(F)c1. The number of halogens is 4. The van der Waals surface area contributed by atoms with Gasteiger partial charge in [0, 0.05) is 30.1 Å². The normalized spacial score (nSPS) is 16.4. The van der Waals surface area contributed by atoms with E-state index in [-0.39, 0.29) is 23.6 Å². The van der Waals surface area contributed by atoms with Crippen LogP contribution >= 0.6 is 11.3 Å². The molecular formula is C28H33F4N5O3S2. The summed E-state index contributed by atoms with van der Waals surface area (Å²) in [5.74, 6) is -1.97. The number of anilines is 2. The number of pyridine rings is 1. The molecule has 8 nitrogen and oxygen atoms in total. The van der Waals surface area contributed by atoms with Gasteiger partial charge in [0.1, 0.15) is 17.3 Å². The number of nitrogens with one attached hydrogen (secondary N) is 2. The van der Waals surface area contributed by atoms with Gasteiger partial charge in [0.15, 0.2) is 0 Å². The zero-order chi connectivity index (χ0) is 30.9. The zero-order valence-electron chi connectivity index (χ0n) is 23.6. The fraction of sp³-hybridized carbons (Fsp3) is 0.429. The topological polar surface area (TPSA) is 94.6 Å². The number of piperidine rings is 1. The zero-order valence-corrected chi connectivity index (χ0v) is 25.3. The molecule has 1 unspecified atom stereocenters. The van der Waals surface area contributed by atoms with Crippen LogP contribution in [0.4, 0.5) is 29.1 Å². The summed E-state index contributed by atoms with van der Waals surface area (Å²) in [4.78, 5) is 22.2. The number of nitrogens with zero attached hydrogens (tertiary/aromatic N) is 3. The van der Waals surface area contributed by atoms with E-state index in [1.54, 1.807) is 18.3 Å². The van der Waals surface area contributed by atoms with Crippen molar-refractivity contribution in [3.05, 3.63) is 75.4 Å². The molecule has 0 aliphatic carbocycles. The van der Waals surface area contributed by atoms with Crippen LogP contribution in [0.15, 0.2) is 47.8 Å². The van der Waals surface area contributed by atoms with Gasteiger partial charge in [-0.15, -0.1) is 11.3 Å². The summed E-state index contributed by atoms with van der Waals surface area (Å²) in [6, 6.07) is 10.0. The number of alkyl halides is 3. The van der Waals surface area contributed by atoms with E-state index in [0.29, 0.717) is 37.1 Å². The highest BCUT2D eigenvalue weighted by molar-refractivity contribution is 7.92. The van der Waals surface area contributed by atoms with Crippen molar-refractivity contribution >= 4 is 38.8 Å². The van der Waals surface area contributed by atoms with E-state index in [0.717, 1.165) is 18.4 Å². The van der Waals surface area contributed by atoms with Gasteiger partial charge in [0.25, 0.3) is 0 Å². The largest absolute Gasteiger partial charge is 0.433 e. The van der Waals surface area contributed by atoms with Crippen LogP contribution in [0, 0.1) is 5.82 Å². The Hall–Kier alpha value is -3.23. The Balaban J connectivity index is 1.52. The van der Waals surface area contributed by atoms with Crippen molar-refractivity contribution in [2.45, 2.75) is 43.9 Å². The molecule has 228 valence electrons. The molecule has 0 radical (unpaired) electrons. The highest BCUT2D eigenvalue weighted by Crippen LogP contribution is 2.41. The van der Waals surface area contributed by atoms with E-state index in [2.05, 4.69) is 26.0 Å². The summed E-state index contributed by atoms with van der Waals surface area (Å²) >= 11 is 1.65. The molecule has 0 spiro atoms. The van der Waals surface area contributed by atoms with Crippen LogP contribution in [0.2, 0.25) is 0 Å². The number of thiophene rings is 1. The minimum Gasteiger partial charge on any atom is -0.356 e. The molecule has 3 heterocycles. The molecule has 1 amide bonds. The van der Waals surface area contributed by atoms with Crippen LogP contribution in [0.5, 0.6) is 0 Å². The molecular weight excluding hydrogens is 594 g/mol. The van der Waals surface area contributed by atoms with Crippen LogP contribution < -0.4 is 14.9 Å². The molecule has 1 saturated heterocycles. The van der Waals surface area contributed by atoms with Crippen molar-refractivity contribution in [2.24, 2.45) is 0 Å². The van der Waals surface area contributed by atoms with Crippen LogP contribution in [0.1, 0.15) is 47.4 Å². The van der Waals surface area contributed by atoms with Gasteiger partial charge < -0.3 is 10.2 Å². The average Bonchev–Trinajstić information content (AvgIpc) is 3.47. The molecule has 1 aliphatic heterocycles. The van der Waals surface area contributed by atoms with E-state index in [1.807, 2.05) is 30.4 Å². The number of hydrogen-bond acceptors (Lipinski definition) is 7. The monoisotopic (exact) mass is 627 g/mol. The Labute approximate surface area is 246 Å². The predicted molar refractivity (Wildman–Crippen MR) is 155 cm³/mol. The first-order chi connectivity index (χ1) is 19.6. The first-order valence-corrected chi connectivity index (χ1v) is 16.0. The van der Waals surface area contributed by atoms with Gasteiger partial charge in [-0.1, -0.05) is 18.2 Å². The molecule has 2 N–H and O–H groups in total. The van der Waals surface area contributed by atoms with E-state index in [1.165, 1.54) is 23.1 Å². The minimum absolute atomic E-state index is 0.0832. The summed E-state index contributed by atoms with van der Waals surface area (Å²) in [7, 11) is 0.315. The number of hydrogen-bond donors (Lipinski definition) is 2. The van der Waals surface area contributed by atoms with Gasteiger partial charge in [0.2, 0.25) is 15.9 Å². The molecule has 14 heteroatoms. The van der Waals surface area contributed by atoms with Crippen molar-refractivity contribution in [3.8, 4) is 0 Å². The average molecular weight is 628 g/mol. The Morgan fingerprint density at radius 3 is 2.40 bits per heavy atom. The molecule has 1 atom stereocenters. The number of amides is 1. The molecule has 42 heavy (non-hydrogen) atoms. The second-order valence-electron chi connectivity index (χ2n) is 10.6. The van der Waals surface area contributed by atoms with Crippen LogP contribution in [0.3, 0.4) is 0 Å². The molecule has 1 aliphatic rings. The maximum atomic E-state index is 14.5. The molecule has 1 fully saturated rings. The summed E-state index contributed by atoms with van der Waals surface area (Å²) in [5, 5.41) is 4.75. The Bertz CT molecular complexity index is 1520. The van der Waals surface area contributed by atoms with Gasteiger partial charge >= 0.3 is 6.18 Å². The fourth-order valence-electron chi connectivity index (χ4n) is 5.16. The number of benzene rings is 1. The Kier molecular flexibility index (Phi) is 9.19. The smallest absolute Gasteiger partial charge is 0.356 e. The van der Waals surface area contributed by atoms with E-state index >= 15 is 0 Å². The predicted octanol–water partition coefficient (Wildman–Crippen LogP) is 5.15. The van der Waals surface area contributed by atoms with Gasteiger partial charge in [-0.05, 0) is 69.1 Å². The molecule has 3 aromatic rings. The number of carbonyl (C=O) groups excluding carboxylic acids is 1. The van der Waals surface area contributed by atoms with Crippen molar-refractivity contribution in [1.29, 1.82) is 0 Å². The fourth-order valence-corrected chi connectivity index (χ4v) is 6.79. The maximum Gasteiger partial charge on any atom is 0.433 e. The lowest BCUT2D eigenvalue weighted by Gasteiger charge is -2.46. The maximum absolute atomic E-state index is 14.5. The van der Waals surface area contributed by atoms with Crippen LogP contribution in [0.25, 0.3) is 0 Å². The lowest BCUT2D eigenvalue weighted by Crippen LogP contribution is -2.50. The molecule has 0 saturated carbocycles. The third-order valence-corrected chi connectivity index (χ3v) is 9.26. The van der Waals surface area contributed by atoms with E-state index in [4.69, 9.17) is 0 Å². The van der Waals surface area contributed by atoms with Crippen molar-refractivity contribution in [1.82, 2.24) is 15.2 Å². The van der Waals surface area contributed by atoms with Gasteiger partial charge in [0.05, 0.1) is 23.4 Å². The third kappa shape index (κ3) is 7.04. The molecule has 2 aromatic heterocycles. The second-order valence-corrected chi connectivity index (χ2v) is 13.3. The highest BCUT2D eigenvalue weighted by Gasteiger charge is 2.40. The van der Waals surface area contributed by atoms with Crippen molar-refractivity contribution in [3.63, 3.8) is 0 Å².